The highest BCUT2D eigenvalue weighted by Crippen LogP contribution is 2.53. The maximum Gasteiger partial charge on any atom is 0.338 e. The first-order chi connectivity index (χ1) is 23.5. The fourth-order valence-corrected chi connectivity index (χ4v) is 6.91. The first-order valence-electron chi connectivity index (χ1n) is 16.3. The fourth-order valence-electron chi connectivity index (χ4n) is 6.91. The molecule has 14 nitrogen and oxygen atoms in total. The molecule has 9 atom stereocenters. The van der Waals surface area contributed by atoms with Gasteiger partial charge in [-0.25, -0.2) is 4.79 Å². The summed E-state index contributed by atoms with van der Waals surface area (Å²) >= 11 is 0. The quantitative estimate of drug-likeness (QED) is 0.245. The molecule has 278 valence electrons. The molecule has 9 unspecified atom stereocenters. The standard InChI is InChI=1S/C37H46O14/c1-19-16-17-35(8,9)33(49-24(6)41)30(47-22(4)39)29(46-21(3)38)20(2)28(50-34(44)26-14-12-11-13-15-26)27-32(48-23(5)40)36(10,45)18-37(27,31(19)43)51-25(7)42/h11-17,19,27-30,32-33,45H,2,18H2,1,3-10H3. The van der Waals surface area contributed by atoms with Gasteiger partial charge in [0.05, 0.1) is 11.5 Å². The largest absolute Gasteiger partial charge is 0.459 e. The van der Waals surface area contributed by atoms with E-state index in [-0.39, 0.29) is 11.1 Å². The molecule has 0 amide bonds. The van der Waals surface area contributed by atoms with Crippen LogP contribution in [0.1, 0.15) is 79.1 Å². The summed E-state index contributed by atoms with van der Waals surface area (Å²) < 4.78 is 34.8. The molecule has 14 heteroatoms. The van der Waals surface area contributed by atoms with Crippen molar-refractivity contribution in [2.75, 3.05) is 0 Å². The molecule has 1 aromatic carbocycles. The number of aliphatic hydroxyl groups is 1. The summed E-state index contributed by atoms with van der Waals surface area (Å²) in [5.74, 6) is -9.10. The summed E-state index contributed by atoms with van der Waals surface area (Å²) in [6.07, 6.45) is -6.14. The molecule has 2 aliphatic carbocycles. The van der Waals surface area contributed by atoms with Crippen LogP contribution in [-0.4, -0.2) is 88.4 Å². The van der Waals surface area contributed by atoms with Crippen molar-refractivity contribution in [2.24, 2.45) is 17.3 Å². The number of esters is 6. The van der Waals surface area contributed by atoms with Gasteiger partial charge in [0.25, 0.3) is 0 Å². The van der Waals surface area contributed by atoms with E-state index in [0.717, 1.165) is 34.6 Å². The van der Waals surface area contributed by atoms with Gasteiger partial charge in [0.15, 0.2) is 29.7 Å². The van der Waals surface area contributed by atoms with Crippen molar-refractivity contribution in [3.05, 3.63) is 60.2 Å². The molecule has 3 rings (SSSR count). The van der Waals surface area contributed by atoms with Crippen LogP contribution in [0.4, 0.5) is 0 Å². The van der Waals surface area contributed by atoms with Crippen molar-refractivity contribution >= 4 is 41.6 Å². The molecule has 0 aromatic heterocycles. The molecule has 0 saturated heterocycles. The molecule has 1 fully saturated rings. The monoisotopic (exact) mass is 714 g/mol. The van der Waals surface area contributed by atoms with Gasteiger partial charge >= 0.3 is 35.8 Å². The maximum absolute atomic E-state index is 14.8. The zero-order valence-electron chi connectivity index (χ0n) is 30.3. The number of ether oxygens (including phenoxy) is 6. The second-order valence-corrected chi connectivity index (χ2v) is 13.8. The number of benzene rings is 1. The minimum atomic E-state index is -2.36. The van der Waals surface area contributed by atoms with Gasteiger partial charge in [-0.3, -0.25) is 28.8 Å². The number of rotatable bonds is 7. The zero-order valence-corrected chi connectivity index (χ0v) is 30.3. The molecular weight excluding hydrogens is 668 g/mol. The lowest BCUT2D eigenvalue weighted by Gasteiger charge is -2.44. The molecule has 1 N–H and O–H groups in total. The predicted molar refractivity (Wildman–Crippen MR) is 177 cm³/mol. The topological polar surface area (TPSA) is 195 Å². The Hall–Kier alpha value is -4.85. The summed E-state index contributed by atoms with van der Waals surface area (Å²) in [5, 5.41) is 11.9. The van der Waals surface area contributed by atoms with E-state index >= 15 is 0 Å². The highest BCUT2D eigenvalue weighted by molar-refractivity contribution is 5.94. The molecular formula is C37H46O14. The van der Waals surface area contributed by atoms with Gasteiger partial charge in [0.2, 0.25) is 0 Å². The lowest BCUT2D eigenvalue weighted by Crippen LogP contribution is -2.59. The number of ketones is 1. The Morgan fingerprint density at radius 1 is 0.745 bits per heavy atom. The van der Waals surface area contributed by atoms with Gasteiger partial charge < -0.3 is 33.5 Å². The van der Waals surface area contributed by atoms with Crippen molar-refractivity contribution in [2.45, 2.75) is 110 Å². The SMILES string of the molecule is C=C1C(OC(C)=O)C(OC(C)=O)C(OC(C)=O)C(C)(C)C=CC(C)C(=O)C2(OC(C)=O)CC(C)(O)C(OC(C)=O)C2C1OC(=O)c1ccccc1. The maximum atomic E-state index is 14.8. The van der Waals surface area contributed by atoms with Crippen molar-refractivity contribution in [1.82, 2.24) is 0 Å². The second-order valence-electron chi connectivity index (χ2n) is 13.8. The number of Topliss-reactive ketones (excluding diaryl/α,β-unsaturated/α-hetero) is 1. The number of hydrogen-bond donors (Lipinski definition) is 1. The number of allylic oxidation sites excluding steroid dienone is 1. The van der Waals surface area contributed by atoms with Crippen LogP contribution in [0, 0.1) is 17.3 Å². The number of carbonyl (C=O) groups is 7. The fraction of sp³-hybridized carbons (Fsp3) is 0.541. The number of fused-ring (bicyclic) bond motifs is 1. The molecule has 2 aliphatic rings. The molecule has 0 heterocycles. The van der Waals surface area contributed by atoms with Crippen LogP contribution in [0.15, 0.2) is 54.6 Å². The Morgan fingerprint density at radius 3 is 1.78 bits per heavy atom. The van der Waals surface area contributed by atoms with Gasteiger partial charge in [-0.1, -0.05) is 57.7 Å². The second kappa shape index (κ2) is 15.6. The van der Waals surface area contributed by atoms with Crippen molar-refractivity contribution in [3.8, 4) is 0 Å². The van der Waals surface area contributed by atoms with Crippen LogP contribution in [0.2, 0.25) is 0 Å². The minimum Gasteiger partial charge on any atom is -0.459 e. The van der Waals surface area contributed by atoms with Gasteiger partial charge in [-0.2, -0.15) is 0 Å². The van der Waals surface area contributed by atoms with Crippen LogP contribution < -0.4 is 0 Å². The normalized spacial score (nSPS) is 31.8. The Labute approximate surface area is 296 Å². The minimum absolute atomic E-state index is 0.0189. The molecule has 0 radical (unpaired) electrons. The average Bonchev–Trinajstić information content (AvgIpc) is 3.22. The summed E-state index contributed by atoms with van der Waals surface area (Å²) in [6, 6.07) is 7.61. The Bertz CT molecular complexity index is 1590. The van der Waals surface area contributed by atoms with E-state index < -0.39 is 107 Å². The van der Waals surface area contributed by atoms with E-state index in [1.807, 2.05) is 0 Å². The molecule has 0 aliphatic heterocycles. The van der Waals surface area contributed by atoms with E-state index in [4.69, 9.17) is 28.4 Å². The molecule has 51 heavy (non-hydrogen) atoms. The van der Waals surface area contributed by atoms with Crippen LogP contribution in [-0.2, 0) is 57.2 Å². The number of carbonyl (C=O) groups excluding carboxylic acids is 7. The molecule has 0 bridgehead atoms. The van der Waals surface area contributed by atoms with Crippen LogP contribution in [0.25, 0.3) is 0 Å². The van der Waals surface area contributed by atoms with E-state index in [2.05, 4.69) is 6.58 Å². The van der Waals surface area contributed by atoms with E-state index in [0.29, 0.717) is 0 Å². The Balaban J connectivity index is 2.56. The van der Waals surface area contributed by atoms with Crippen molar-refractivity contribution < 1.29 is 67.1 Å². The van der Waals surface area contributed by atoms with Gasteiger partial charge in [0.1, 0.15) is 17.8 Å². The van der Waals surface area contributed by atoms with Crippen LogP contribution in [0.3, 0.4) is 0 Å². The van der Waals surface area contributed by atoms with E-state index in [1.54, 1.807) is 32.0 Å². The summed E-state index contributed by atoms with van der Waals surface area (Å²) in [4.78, 5) is 92.2. The Morgan fingerprint density at radius 2 is 1.27 bits per heavy atom. The lowest BCUT2D eigenvalue weighted by molar-refractivity contribution is -0.192. The van der Waals surface area contributed by atoms with Gasteiger partial charge in [-0.05, 0) is 19.1 Å². The van der Waals surface area contributed by atoms with Gasteiger partial charge in [-0.15, -0.1) is 0 Å². The van der Waals surface area contributed by atoms with E-state index in [1.165, 1.54) is 38.1 Å². The highest BCUT2D eigenvalue weighted by Gasteiger charge is 2.70. The van der Waals surface area contributed by atoms with Crippen molar-refractivity contribution in [3.63, 3.8) is 0 Å². The van der Waals surface area contributed by atoms with Gasteiger partial charge in [0, 0.05) is 57.9 Å². The smallest absolute Gasteiger partial charge is 0.338 e. The molecule has 0 spiro atoms. The van der Waals surface area contributed by atoms with Crippen LogP contribution >= 0.6 is 0 Å². The summed E-state index contributed by atoms with van der Waals surface area (Å²) in [7, 11) is 0. The molecule has 1 aromatic rings. The highest BCUT2D eigenvalue weighted by atomic mass is 16.6. The van der Waals surface area contributed by atoms with E-state index in [9.17, 15) is 38.7 Å². The summed E-state index contributed by atoms with van der Waals surface area (Å²) in [5.41, 5.74) is -6.07. The van der Waals surface area contributed by atoms with Crippen LogP contribution in [0.5, 0.6) is 0 Å². The third-order valence-electron chi connectivity index (χ3n) is 8.88. The first-order valence-corrected chi connectivity index (χ1v) is 16.3. The number of hydrogen-bond acceptors (Lipinski definition) is 14. The summed E-state index contributed by atoms with van der Waals surface area (Å²) in [6.45, 7) is 15.4. The first kappa shape index (κ1) is 40.6. The predicted octanol–water partition coefficient (Wildman–Crippen LogP) is 3.37. The third-order valence-corrected chi connectivity index (χ3v) is 8.88. The van der Waals surface area contributed by atoms with Crippen molar-refractivity contribution in [1.29, 1.82) is 0 Å². The third kappa shape index (κ3) is 9.09. The Kier molecular flexibility index (Phi) is 12.4. The lowest BCUT2D eigenvalue weighted by atomic mass is 9.72. The molecule has 1 saturated carbocycles. The zero-order chi connectivity index (χ0) is 38.6. The average molecular weight is 715 g/mol.